The number of benzene rings is 2. The SMILES string of the molecule is Cc1ccc(C#CCO)c(NCc2ccc3nc(NCCCN4CCOCC4)n(Cc4nc(C)ccc4O)c3c2)c1. The molecule has 0 spiro atoms. The average molecular weight is 555 g/mol. The molecule has 0 amide bonds. The van der Waals surface area contributed by atoms with Crippen molar-refractivity contribution in [2.45, 2.75) is 33.4 Å². The molecule has 0 unspecified atom stereocenters. The van der Waals surface area contributed by atoms with Crippen LogP contribution in [0.1, 0.15) is 34.5 Å². The molecule has 0 saturated carbocycles. The number of fused-ring (bicyclic) bond motifs is 1. The standard InChI is InChI=1S/C32H38N6O3/c1-23-6-9-26(5-3-16-39)28(19-23)34-21-25-8-10-27-30(20-25)38(22-29-31(40)11-7-24(2)35-29)32(36-27)33-12-4-13-37-14-17-41-18-15-37/h6-11,19-20,34,39-40H,4,12-18,21-22H2,1-2H3,(H,33,36). The number of nitrogens with zero attached hydrogens (tertiary/aromatic N) is 4. The van der Waals surface area contributed by atoms with Crippen molar-refractivity contribution >= 4 is 22.7 Å². The van der Waals surface area contributed by atoms with Crippen LogP contribution in [-0.2, 0) is 17.8 Å². The van der Waals surface area contributed by atoms with E-state index >= 15 is 0 Å². The Morgan fingerprint density at radius 3 is 2.68 bits per heavy atom. The van der Waals surface area contributed by atoms with Crippen LogP contribution in [0.5, 0.6) is 5.75 Å². The second-order valence-corrected chi connectivity index (χ2v) is 10.4. The van der Waals surface area contributed by atoms with E-state index in [0.29, 0.717) is 18.8 Å². The summed E-state index contributed by atoms with van der Waals surface area (Å²) in [6, 6.07) is 15.8. The van der Waals surface area contributed by atoms with E-state index < -0.39 is 0 Å². The van der Waals surface area contributed by atoms with Crippen LogP contribution in [0.15, 0.2) is 48.5 Å². The summed E-state index contributed by atoms with van der Waals surface area (Å²) in [4.78, 5) is 11.9. The van der Waals surface area contributed by atoms with E-state index in [1.807, 2.05) is 38.1 Å². The van der Waals surface area contributed by atoms with E-state index in [2.05, 4.69) is 55.1 Å². The summed E-state index contributed by atoms with van der Waals surface area (Å²) < 4.78 is 7.56. The Morgan fingerprint density at radius 1 is 1.00 bits per heavy atom. The van der Waals surface area contributed by atoms with Crippen LogP contribution in [0.3, 0.4) is 0 Å². The zero-order valence-corrected chi connectivity index (χ0v) is 23.8. The summed E-state index contributed by atoms with van der Waals surface area (Å²) >= 11 is 0. The number of aromatic hydroxyl groups is 1. The maximum Gasteiger partial charge on any atom is 0.204 e. The zero-order valence-electron chi connectivity index (χ0n) is 23.8. The molecule has 41 heavy (non-hydrogen) atoms. The minimum atomic E-state index is -0.178. The maximum absolute atomic E-state index is 10.6. The third-order valence-corrected chi connectivity index (χ3v) is 7.21. The monoisotopic (exact) mass is 554 g/mol. The lowest BCUT2D eigenvalue weighted by Crippen LogP contribution is -2.37. The number of ether oxygens (including phenoxy) is 1. The van der Waals surface area contributed by atoms with Crippen molar-refractivity contribution in [1.82, 2.24) is 19.4 Å². The summed E-state index contributed by atoms with van der Waals surface area (Å²) in [5.74, 6) is 6.70. The van der Waals surface area contributed by atoms with Crippen LogP contribution >= 0.6 is 0 Å². The number of aromatic nitrogens is 3. The van der Waals surface area contributed by atoms with Crippen molar-refractivity contribution in [1.29, 1.82) is 0 Å². The molecule has 3 heterocycles. The molecule has 0 bridgehead atoms. The van der Waals surface area contributed by atoms with Crippen LogP contribution < -0.4 is 10.6 Å². The summed E-state index contributed by atoms with van der Waals surface area (Å²) in [5, 5.41) is 26.8. The molecule has 1 fully saturated rings. The molecule has 1 aliphatic heterocycles. The van der Waals surface area contributed by atoms with Crippen molar-refractivity contribution in [2.75, 3.05) is 56.6 Å². The lowest BCUT2D eigenvalue weighted by Gasteiger charge is -2.26. The fourth-order valence-corrected chi connectivity index (χ4v) is 5.02. The van der Waals surface area contributed by atoms with Gasteiger partial charge in [0.15, 0.2) is 0 Å². The van der Waals surface area contributed by atoms with Crippen LogP contribution in [0, 0.1) is 25.7 Å². The molecular formula is C32H38N6O3. The predicted molar refractivity (Wildman–Crippen MR) is 162 cm³/mol. The molecule has 0 atom stereocenters. The van der Waals surface area contributed by atoms with Crippen LogP contribution in [0.2, 0.25) is 0 Å². The van der Waals surface area contributed by atoms with E-state index in [1.165, 1.54) is 0 Å². The highest BCUT2D eigenvalue weighted by atomic mass is 16.5. The van der Waals surface area contributed by atoms with Gasteiger partial charge in [-0.1, -0.05) is 24.0 Å². The summed E-state index contributed by atoms with van der Waals surface area (Å²) in [7, 11) is 0. The summed E-state index contributed by atoms with van der Waals surface area (Å²) in [6.07, 6.45) is 0.990. The van der Waals surface area contributed by atoms with Gasteiger partial charge in [-0.05, 0) is 74.3 Å². The molecule has 5 rings (SSSR count). The minimum absolute atomic E-state index is 0.171. The molecule has 0 aliphatic carbocycles. The average Bonchev–Trinajstić information content (AvgIpc) is 3.32. The van der Waals surface area contributed by atoms with E-state index in [1.54, 1.807) is 6.07 Å². The number of aliphatic hydroxyl groups is 1. The quantitative estimate of drug-likeness (QED) is 0.173. The van der Waals surface area contributed by atoms with E-state index in [0.717, 1.165) is 90.9 Å². The highest BCUT2D eigenvalue weighted by Gasteiger charge is 2.15. The van der Waals surface area contributed by atoms with Gasteiger partial charge < -0.3 is 30.2 Å². The number of morpholine rings is 1. The normalized spacial score (nSPS) is 13.6. The number of nitrogens with one attached hydrogen (secondary N) is 2. The Labute approximate surface area is 241 Å². The Hall–Kier alpha value is -4.10. The van der Waals surface area contributed by atoms with Gasteiger partial charge in [0.25, 0.3) is 0 Å². The van der Waals surface area contributed by atoms with Gasteiger partial charge in [-0.3, -0.25) is 9.88 Å². The molecular weight excluding hydrogens is 516 g/mol. The minimum Gasteiger partial charge on any atom is -0.506 e. The summed E-state index contributed by atoms with van der Waals surface area (Å²) in [5.41, 5.74) is 7.29. The second-order valence-electron chi connectivity index (χ2n) is 10.4. The van der Waals surface area contributed by atoms with E-state index in [4.69, 9.17) is 14.8 Å². The van der Waals surface area contributed by atoms with Gasteiger partial charge in [0.05, 0.1) is 36.5 Å². The molecule has 2 aromatic heterocycles. The summed E-state index contributed by atoms with van der Waals surface area (Å²) in [6.45, 7) is 10.1. The van der Waals surface area contributed by atoms with Gasteiger partial charge in [-0.15, -0.1) is 0 Å². The number of hydrogen-bond acceptors (Lipinski definition) is 8. The van der Waals surface area contributed by atoms with Gasteiger partial charge in [-0.2, -0.15) is 0 Å². The number of aryl methyl sites for hydroxylation is 2. The first-order valence-corrected chi connectivity index (χ1v) is 14.1. The van der Waals surface area contributed by atoms with Gasteiger partial charge in [0.2, 0.25) is 5.95 Å². The molecule has 1 aliphatic rings. The lowest BCUT2D eigenvalue weighted by atomic mass is 10.1. The van der Waals surface area contributed by atoms with E-state index in [-0.39, 0.29) is 12.4 Å². The maximum atomic E-state index is 10.6. The number of rotatable bonds is 10. The van der Waals surface area contributed by atoms with Gasteiger partial charge in [-0.25, -0.2) is 4.98 Å². The first-order valence-electron chi connectivity index (χ1n) is 14.1. The number of hydrogen-bond donors (Lipinski definition) is 4. The Bertz CT molecular complexity index is 1550. The Kier molecular flexibility index (Phi) is 9.36. The van der Waals surface area contributed by atoms with Gasteiger partial charge in [0.1, 0.15) is 18.1 Å². The molecule has 9 nitrogen and oxygen atoms in total. The molecule has 1 saturated heterocycles. The Morgan fingerprint density at radius 2 is 1.85 bits per heavy atom. The second kappa shape index (κ2) is 13.5. The van der Waals surface area contributed by atoms with Gasteiger partial charge in [0, 0.05) is 37.4 Å². The number of aliphatic hydroxyl groups excluding tert-OH is 1. The highest BCUT2D eigenvalue weighted by molar-refractivity contribution is 5.80. The van der Waals surface area contributed by atoms with Crippen molar-refractivity contribution in [2.24, 2.45) is 0 Å². The molecule has 2 aromatic carbocycles. The smallest absolute Gasteiger partial charge is 0.204 e. The van der Waals surface area contributed by atoms with Crippen molar-refractivity contribution < 1.29 is 14.9 Å². The molecule has 9 heteroatoms. The van der Waals surface area contributed by atoms with Crippen molar-refractivity contribution in [3.8, 4) is 17.6 Å². The molecule has 4 aromatic rings. The van der Waals surface area contributed by atoms with Crippen LogP contribution in [0.4, 0.5) is 11.6 Å². The third kappa shape index (κ3) is 7.35. The fourth-order valence-electron chi connectivity index (χ4n) is 5.02. The molecule has 214 valence electrons. The zero-order chi connectivity index (χ0) is 28.6. The van der Waals surface area contributed by atoms with Crippen LogP contribution in [-0.4, -0.2) is 75.6 Å². The van der Waals surface area contributed by atoms with Gasteiger partial charge >= 0.3 is 0 Å². The number of pyridine rings is 1. The largest absolute Gasteiger partial charge is 0.506 e. The highest BCUT2D eigenvalue weighted by Crippen LogP contribution is 2.26. The number of anilines is 2. The first-order chi connectivity index (χ1) is 20.0. The Balaban J connectivity index is 1.38. The van der Waals surface area contributed by atoms with E-state index in [9.17, 15) is 5.11 Å². The molecule has 4 N–H and O–H groups in total. The number of imidazole rings is 1. The van der Waals surface area contributed by atoms with Crippen molar-refractivity contribution in [3.05, 3.63) is 76.6 Å². The van der Waals surface area contributed by atoms with Crippen molar-refractivity contribution in [3.63, 3.8) is 0 Å². The topological polar surface area (TPSA) is 108 Å². The predicted octanol–water partition coefficient (Wildman–Crippen LogP) is 3.89. The van der Waals surface area contributed by atoms with Crippen LogP contribution in [0.25, 0.3) is 11.0 Å². The molecule has 0 radical (unpaired) electrons. The lowest BCUT2D eigenvalue weighted by molar-refractivity contribution is 0.0378. The fraction of sp³-hybridized carbons (Fsp3) is 0.375. The first kappa shape index (κ1) is 28.4. The third-order valence-electron chi connectivity index (χ3n) is 7.21.